The van der Waals surface area contributed by atoms with E-state index in [0.29, 0.717) is 17.9 Å². The molecule has 1 heterocycles. The van der Waals surface area contributed by atoms with E-state index in [-0.39, 0.29) is 12.5 Å². The van der Waals surface area contributed by atoms with Crippen molar-refractivity contribution in [3.8, 4) is 11.5 Å². The number of methoxy groups -OCH3 is 2. The molecule has 164 valence electrons. The maximum Gasteiger partial charge on any atom is 0.341 e. The summed E-state index contributed by atoms with van der Waals surface area (Å²) in [5.74, 6) is 0.385. The molecule has 1 amide bonds. The molecule has 0 aliphatic heterocycles. The van der Waals surface area contributed by atoms with Crippen molar-refractivity contribution in [2.45, 2.75) is 13.2 Å². The molecule has 0 atom stereocenters. The van der Waals surface area contributed by atoms with Crippen LogP contribution in [0, 0.1) is 0 Å². The normalized spacial score (nSPS) is 10.6. The van der Waals surface area contributed by atoms with E-state index in [0.717, 1.165) is 22.6 Å². The number of nitrogens with zero attached hydrogens (tertiary/aromatic N) is 1. The summed E-state index contributed by atoms with van der Waals surface area (Å²) in [4.78, 5) is 28.3. The second-order valence-electron chi connectivity index (χ2n) is 6.76. The molecule has 0 unspecified atom stereocenters. The van der Waals surface area contributed by atoms with Gasteiger partial charge < -0.3 is 19.5 Å². The summed E-state index contributed by atoms with van der Waals surface area (Å²) in [6.45, 7) is 0.652. The van der Waals surface area contributed by atoms with Gasteiger partial charge in [0.05, 0.1) is 19.9 Å². The van der Waals surface area contributed by atoms with E-state index in [1.165, 1.54) is 20.3 Å². The molecular formula is C25H24N2O5. The number of nitrogens with one attached hydrogen (secondary N) is 1. The second-order valence-corrected chi connectivity index (χ2v) is 6.76. The minimum atomic E-state index is -0.498. The van der Waals surface area contributed by atoms with Gasteiger partial charge in [0.25, 0.3) is 0 Å². The van der Waals surface area contributed by atoms with Gasteiger partial charge in [-0.1, -0.05) is 24.3 Å². The second kappa shape index (κ2) is 11.3. The molecule has 7 nitrogen and oxygen atoms in total. The van der Waals surface area contributed by atoms with Crippen molar-refractivity contribution in [3.63, 3.8) is 0 Å². The first-order valence-electron chi connectivity index (χ1n) is 9.93. The first-order chi connectivity index (χ1) is 15.6. The largest absolute Gasteiger partial charge is 0.496 e. The summed E-state index contributed by atoms with van der Waals surface area (Å²) < 4.78 is 15.6. The van der Waals surface area contributed by atoms with Crippen LogP contribution in [0.25, 0.3) is 6.08 Å². The molecule has 2 aromatic carbocycles. The van der Waals surface area contributed by atoms with Gasteiger partial charge in [-0.3, -0.25) is 9.78 Å². The van der Waals surface area contributed by atoms with Crippen LogP contribution < -0.4 is 14.8 Å². The highest BCUT2D eigenvalue weighted by Gasteiger charge is 2.13. The van der Waals surface area contributed by atoms with Crippen molar-refractivity contribution in [3.05, 3.63) is 95.3 Å². The number of esters is 1. The van der Waals surface area contributed by atoms with E-state index < -0.39 is 5.97 Å². The van der Waals surface area contributed by atoms with Gasteiger partial charge in [0, 0.05) is 18.8 Å². The predicted octanol–water partition coefficient (Wildman–Crippen LogP) is 3.79. The van der Waals surface area contributed by atoms with Gasteiger partial charge >= 0.3 is 5.97 Å². The Balaban J connectivity index is 1.51. The Hall–Kier alpha value is -4.13. The Kier molecular flexibility index (Phi) is 7.97. The molecule has 1 aromatic heterocycles. The third-order valence-corrected chi connectivity index (χ3v) is 4.56. The number of amides is 1. The zero-order valence-corrected chi connectivity index (χ0v) is 17.9. The Morgan fingerprint density at radius 1 is 1.03 bits per heavy atom. The van der Waals surface area contributed by atoms with Crippen molar-refractivity contribution in [2.24, 2.45) is 0 Å². The van der Waals surface area contributed by atoms with Gasteiger partial charge in [0.2, 0.25) is 5.91 Å². The van der Waals surface area contributed by atoms with Gasteiger partial charge in [-0.25, -0.2) is 4.79 Å². The van der Waals surface area contributed by atoms with Crippen LogP contribution in [0.2, 0.25) is 0 Å². The highest BCUT2D eigenvalue weighted by molar-refractivity contribution is 5.93. The first-order valence-corrected chi connectivity index (χ1v) is 9.93. The van der Waals surface area contributed by atoms with Crippen molar-refractivity contribution in [1.82, 2.24) is 10.3 Å². The van der Waals surface area contributed by atoms with Crippen LogP contribution >= 0.6 is 0 Å². The zero-order chi connectivity index (χ0) is 22.8. The first kappa shape index (κ1) is 22.6. The number of hydrogen-bond acceptors (Lipinski definition) is 6. The molecule has 1 N–H and O–H groups in total. The standard InChI is InChI=1S/C25H24N2O5/c1-30-23-12-8-19(15-22(23)25(29)31-2)16-27-24(28)13-9-18-6-10-21(11-7-18)32-17-20-5-3-4-14-26-20/h3-15H,16-17H2,1-2H3,(H,27,28)/b13-9+. The van der Waals surface area contributed by atoms with E-state index >= 15 is 0 Å². The van der Waals surface area contributed by atoms with E-state index in [1.807, 2.05) is 42.5 Å². The lowest BCUT2D eigenvalue weighted by molar-refractivity contribution is -0.116. The smallest absolute Gasteiger partial charge is 0.341 e. The number of rotatable bonds is 9. The molecule has 32 heavy (non-hydrogen) atoms. The topological polar surface area (TPSA) is 86.8 Å². The Labute approximate surface area is 186 Å². The van der Waals surface area contributed by atoms with Crippen LogP contribution in [-0.2, 0) is 22.7 Å². The maximum absolute atomic E-state index is 12.2. The summed E-state index contributed by atoms with van der Waals surface area (Å²) in [6, 6.07) is 18.2. The van der Waals surface area contributed by atoms with Gasteiger partial charge in [-0.2, -0.15) is 0 Å². The summed E-state index contributed by atoms with van der Waals surface area (Å²) in [6.07, 6.45) is 4.89. The number of ether oxygens (including phenoxy) is 3. The van der Waals surface area contributed by atoms with Crippen molar-refractivity contribution >= 4 is 18.0 Å². The molecule has 0 spiro atoms. The number of carbonyl (C=O) groups excluding carboxylic acids is 2. The van der Waals surface area contributed by atoms with Gasteiger partial charge in [-0.05, 0) is 53.6 Å². The van der Waals surface area contributed by atoms with Crippen LogP contribution in [0.5, 0.6) is 11.5 Å². The van der Waals surface area contributed by atoms with E-state index in [2.05, 4.69) is 10.3 Å². The molecule has 0 saturated heterocycles. The summed E-state index contributed by atoms with van der Waals surface area (Å²) >= 11 is 0. The van der Waals surface area contributed by atoms with E-state index in [1.54, 1.807) is 30.5 Å². The van der Waals surface area contributed by atoms with Gasteiger partial charge in [0.1, 0.15) is 23.7 Å². The Bertz CT molecular complexity index is 1080. The maximum atomic E-state index is 12.2. The average Bonchev–Trinajstić information content (AvgIpc) is 2.85. The lowest BCUT2D eigenvalue weighted by atomic mass is 10.1. The van der Waals surface area contributed by atoms with Crippen molar-refractivity contribution < 1.29 is 23.8 Å². The lowest BCUT2D eigenvalue weighted by Crippen LogP contribution is -2.20. The lowest BCUT2D eigenvalue weighted by Gasteiger charge is -2.09. The highest BCUT2D eigenvalue weighted by Crippen LogP contribution is 2.21. The monoisotopic (exact) mass is 432 g/mol. The third-order valence-electron chi connectivity index (χ3n) is 4.56. The molecule has 0 aliphatic rings. The highest BCUT2D eigenvalue weighted by atomic mass is 16.5. The molecule has 3 aromatic rings. The molecule has 0 aliphatic carbocycles. The number of pyridine rings is 1. The molecule has 3 rings (SSSR count). The van der Waals surface area contributed by atoms with Crippen molar-refractivity contribution in [1.29, 1.82) is 0 Å². The van der Waals surface area contributed by atoms with Gasteiger partial charge in [-0.15, -0.1) is 0 Å². The molecule has 7 heteroatoms. The number of hydrogen-bond donors (Lipinski definition) is 1. The quantitative estimate of drug-likeness (QED) is 0.409. The van der Waals surface area contributed by atoms with Crippen LogP contribution in [0.1, 0.15) is 27.2 Å². The molecule has 0 bridgehead atoms. The van der Waals surface area contributed by atoms with Crippen LogP contribution in [0.3, 0.4) is 0 Å². The predicted molar refractivity (Wildman–Crippen MR) is 120 cm³/mol. The van der Waals surface area contributed by atoms with Gasteiger partial charge in [0.15, 0.2) is 0 Å². The zero-order valence-electron chi connectivity index (χ0n) is 17.9. The van der Waals surface area contributed by atoms with Crippen LogP contribution in [-0.4, -0.2) is 31.1 Å². The number of aromatic nitrogens is 1. The van der Waals surface area contributed by atoms with Crippen LogP contribution in [0.15, 0.2) is 72.9 Å². The van der Waals surface area contributed by atoms with E-state index in [4.69, 9.17) is 14.2 Å². The van der Waals surface area contributed by atoms with Crippen molar-refractivity contribution in [2.75, 3.05) is 14.2 Å². The SMILES string of the molecule is COC(=O)c1cc(CNC(=O)/C=C/c2ccc(OCc3ccccn3)cc2)ccc1OC. The molecule has 0 radical (unpaired) electrons. The minimum Gasteiger partial charge on any atom is -0.496 e. The number of carbonyl (C=O) groups is 2. The summed E-state index contributed by atoms with van der Waals surface area (Å²) in [5, 5.41) is 2.79. The molecular weight excluding hydrogens is 408 g/mol. The third kappa shape index (κ3) is 6.43. The minimum absolute atomic E-state index is 0.254. The fourth-order valence-corrected chi connectivity index (χ4v) is 2.87. The Morgan fingerprint density at radius 3 is 2.53 bits per heavy atom. The molecule has 0 fully saturated rings. The Morgan fingerprint density at radius 2 is 1.84 bits per heavy atom. The fourth-order valence-electron chi connectivity index (χ4n) is 2.87. The average molecular weight is 432 g/mol. The summed E-state index contributed by atoms with van der Waals surface area (Å²) in [5.41, 5.74) is 2.77. The summed E-state index contributed by atoms with van der Waals surface area (Å²) in [7, 11) is 2.79. The number of benzene rings is 2. The van der Waals surface area contributed by atoms with E-state index in [9.17, 15) is 9.59 Å². The fraction of sp³-hybridized carbons (Fsp3) is 0.160. The molecule has 0 saturated carbocycles. The van der Waals surface area contributed by atoms with Crippen LogP contribution in [0.4, 0.5) is 0 Å².